The van der Waals surface area contributed by atoms with Crippen molar-refractivity contribution in [2.45, 2.75) is 14.7 Å². The maximum Gasteiger partial charge on any atom is 0.340 e. The van der Waals surface area contributed by atoms with Crippen molar-refractivity contribution in [3.63, 3.8) is 0 Å². The number of hydrogen-bond donors (Lipinski definition) is 6. The molecule has 0 aliphatic heterocycles. The van der Waals surface area contributed by atoms with E-state index >= 15 is 0 Å². The molecule has 0 saturated carbocycles. The van der Waals surface area contributed by atoms with Gasteiger partial charge in [0, 0.05) is 22.2 Å². The summed E-state index contributed by atoms with van der Waals surface area (Å²) in [7, 11) is -14.4. The summed E-state index contributed by atoms with van der Waals surface area (Å²) in [6.07, 6.45) is 0. The quantitative estimate of drug-likeness (QED) is 0.184. The van der Waals surface area contributed by atoms with Crippen molar-refractivity contribution in [1.29, 1.82) is 0 Å². The van der Waals surface area contributed by atoms with Gasteiger partial charge < -0.3 is 15.3 Å². The van der Waals surface area contributed by atoms with E-state index in [4.69, 9.17) is 0 Å². The zero-order valence-electron chi connectivity index (χ0n) is 18.0. The highest BCUT2D eigenvalue weighted by molar-refractivity contribution is 7.92. The zero-order valence-corrected chi connectivity index (χ0v) is 20.5. The summed E-state index contributed by atoms with van der Waals surface area (Å²) < 4.78 is 94.0. The van der Waals surface area contributed by atoms with Crippen LogP contribution in [0.15, 0.2) is 69.3 Å². The monoisotopic (exact) mass is 569 g/mol. The molecule has 0 aromatic heterocycles. The Hall–Kier alpha value is -3.96. The first-order valence-electron chi connectivity index (χ1n) is 9.77. The second-order valence-electron chi connectivity index (χ2n) is 7.68. The average Bonchev–Trinajstić information content (AvgIpc) is 2.76. The molecule has 0 amide bonds. The molecule has 0 spiro atoms. The second-order valence-corrected chi connectivity index (χ2v) is 12.2. The van der Waals surface area contributed by atoms with E-state index in [1.54, 1.807) is 0 Å². The number of aromatic carboxylic acids is 1. The first-order valence-corrected chi connectivity index (χ1v) is 14.1. The summed E-state index contributed by atoms with van der Waals surface area (Å²) in [5.41, 5.74) is -0.861. The van der Waals surface area contributed by atoms with Crippen molar-refractivity contribution in [3.8, 4) is 11.5 Å². The molecule has 0 saturated heterocycles. The van der Waals surface area contributed by atoms with Gasteiger partial charge in [-0.2, -0.15) is 16.8 Å². The Morgan fingerprint density at radius 3 is 1.97 bits per heavy atom. The Morgan fingerprint density at radius 1 is 0.703 bits per heavy atom. The minimum Gasteiger partial charge on any atom is -0.507 e. The zero-order chi connectivity index (χ0) is 27.5. The van der Waals surface area contributed by atoms with Crippen LogP contribution in [0, 0.1) is 0 Å². The molecule has 0 unspecified atom stereocenters. The SMILES string of the molecule is O=C(O)c1c(O)ccc2cc(S(=O)(=O)Nc3ccc(S(=O)(=O)O)c4cc(S(=O)(=O)O)cc(O)c34)ccc12. The van der Waals surface area contributed by atoms with Gasteiger partial charge in [0.05, 0.1) is 15.5 Å². The van der Waals surface area contributed by atoms with E-state index in [9.17, 15) is 54.5 Å². The number of phenols is 2. The number of rotatable bonds is 6. The number of carboxylic acids is 1. The van der Waals surface area contributed by atoms with Crippen molar-refractivity contribution >= 4 is 63.5 Å². The second kappa shape index (κ2) is 8.56. The number of phenolic OH excluding ortho intramolecular Hbond substituents is 1. The molecule has 0 atom stereocenters. The van der Waals surface area contributed by atoms with Crippen molar-refractivity contribution in [2.75, 3.05) is 4.72 Å². The average molecular weight is 570 g/mol. The number of benzene rings is 4. The molecule has 0 aliphatic carbocycles. The van der Waals surface area contributed by atoms with E-state index in [2.05, 4.69) is 4.72 Å². The number of nitrogens with one attached hydrogen (secondary N) is 1. The van der Waals surface area contributed by atoms with Crippen LogP contribution in [0.25, 0.3) is 21.5 Å². The van der Waals surface area contributed by atoms with Crippen molar-refractivity contribution < 1.29 is 54.5 Å². The molecule has 13 nitrogen and oxygen atoms in total. The van der Waals surface area contributed by atoms with Gasteiger partial charge in [-0.25, -0.2) is 13.2 Å². The van der Waals surface area contributed by atoms with Gasteiger partial charge in [0.1, 0.15) is 22.0 Å². The predicted octanol–water partition coefficient (Wildman–Crippen LogP) is 2.40. The highest BCUT2D eigenvalue weighted by Gasteiger charge is 2.25. The summed E-state index contributed by atoms with van der Waals surface area (Å²) in [6.45, 7) is 0. The van der Waals surface area contributed by atoms with E-state index in [0.29, 0.717) is 12.1 Å². The number of carboxylic acid groups (broad SMARTS) is 1. The fraction of sp³-hybridized carbons (Fsp3) is 0. The molecule has 194 valence electrons. The van der Waals surface area contributed by atoms with Gasteiger partial charge in [0.2, 0.25) is 0 Å². The van der Waals surface area contributed by atoms with E-state index in [0.717, 1.165) is 36.4 Å². The molecule has 0 aliphatic rings. The van der Waals surface area contributed by atoms with E-state index < -0.39 is 79.5 Å². The molecule has 0 bridgehead atoms. The standard InChI is InChI=1S/C21H15NO12S3/c23-16-5-1-10-7-11(2-3-13(10)20(16)21(25)26)35(27,28)22-15-4-6-18(37(32,33)34)14-8-12(36(29,30)31)9-17(24)19(14)15/h1-9,22-24H,(H,25,26)(H,29,30,31)(H,32,33,34). The first-order chi connectivity index (χ1) is 17.0. The van der Waals surface area contributed by atoms with Crippen LogP contribution in [0.2, 0.25) is 0 Å². The largest absolute Gasteiger partial charge is 0.507 e. The summed E-state index contributed by atoms with van der Waals surface area (Å²) in [4.78, 5) is 9.29. The highest BCUT2D eigenvalue weighted by Crippen LogP contribution is 2.39. The topological polar surface area (TPSA) is 233 Å². The van der Waals surface area contributed by atoms with Crippen LogP contribution < -0.4 is 4.72 Å². The molecule has 0 radical (unpaired) electrons. The van der Waals surface area contributed by atoms with Crippen LogP contribution in [-0.4, -0.2) is 55.6 Å². The lowest BCUT2D eigenvalue weighted by Crippen LogP contribution is -2.14. The van der Waals surface area contributed by atoms with Gasteiger partial charge in [0.25, 0.3) is 30.3 Å². The number of aromatic hydroxyl groups is 2. The van der Waals surface area contributed by atoms with Gasteiger partial charge in [0.15, 0.2) is 0 Å². The fourth-order valence-electron chi connectivity index (χ4n) is 3.76. The van der Waals surface area contributed by atoms with Gasteiger partial charge in [-0.05, 0) is 41.8 Å². The lowest BCUT2D eigenvalue weighted by Gasteiger charge is -2.15. The fourth-order valence-corrected chi connectivity index (χ4v) is 6.07. The molecule has 4 rings (SSSR count). The third-order valence-electron chi connectivity index (χ3n) is 5.34. The molecule has 4 aromatic carbocycles. The van der Waals surface area contributed by atoms with Crippen LogP contribution in [0.3, 0.4) is 0 Å². The lowest BCUT2D eigenvalue weighted by molar-refractivity contribution is 0.0696. The summed E-state index contributed by atoms with van der Waals surface area (Å²) in [5, 5.41) is 28.7. The minimum atomic E-state index is -4.99. The van der Waals surface area contributed by atoms with Crippen LogP contribution in [-0.2, 0) is 30.3 Å². The smallest absolute Gasteiger partial charge is 0.340 e. The van der Waals surface area contributed by atoms with Crippen molar-refractivity contribution in [1.82, 2.24) is 0 Å². The Labute approximate surface area is 208 Å². The lowest BCUT2D eigenvalue weighted by atomic mass is 10.0. The van der Waals surface area contributed by atoms with Crippen molar-refractivity contribution in [2.24, 2.45) is 0 Å². The molecular formula is C21H15NO12S3. The molecule has 4 aromatic rings. The predicted molar refractivity (Wildman–Crippen MR) is 129 cm³/mol. The normalized spacial score (nSPS) is 12.6. The number of sulfonamides is 1. The third-order valence-corrected chi connectivity index (χ3v) is 8.45. The van der Waals surface area contributed by atoms with E-state index in [1.807, 2.05) is 0 Å². The molecule has 0 heterocycles. The Bertz CT molecular complexity index is 1970. The van der Waals surface area contributed by atoms with E-state index in [1.165, 1.54) is 6.07 Å². The van der Waals surface area contributed by atoms with Crippen molar-refractivity contribution in [3.05, 3.63) is 60.2 Å². The maximum atomic E-state index is 13.1. The van der Waals surface area contributed by atoms with Crippen LogP contribution in [0.1, 0.15) is 10.4 Å². The van der Waals surface area contributed by atoms with Gasteiger partial charge >= 0.3 is 5.97 Å². The van der Waals surface area contributed by atoms with Crippen LogP contribution in [0.5, 0.6) is 11.5 Å². The van der Waals surface area contributed by atoms with Crippen LogP contribution >= 0.6 is 0 Å². The highest BCUT2D eigenvalue weighted by atomic mass is 32.2. The first kappa shape index (κ1) is 26.1. The number of hydrogen-bond acceptors (Lipinski definition) is 9. The number of carbonyl (C=O) groups is 1. The minimum absolute atomic E-state index is 0.0461. The number of anilines is 1. The Kier molecular flexibility index (Phi) is 6.04. The molecule has 0 fully saturated rings. The van der Waals surface area contributed by atoms with Gasteiger partial charge in [-0.1, -0.05) is 12.1 Å². The maximum absolute atomic E-state index is 13.1. The Balaban J connectivity index is 1.91. The summed E-state index contributed by atoms with van der Waals surface area (Å²) in [6, 6.07) is 8.50. The third kappa shape index (κ3) is 4.75. The Morgan fingerprint density at radius 2 is 1.38 bits per heavy atom. The summed E-state index contributed by atoms with van der Waals surface area (Å²) in [5.74, 6) is -2.91. The van der Waals surface area contributed by atoms with Gasteiger partial charge in [-0.15, -0.1) is 0 Å². The summed E-state index contributed by atoms with van der Waals surface area (Å²) >= 11 is 0. The molecular weight excluding hydrogens is 554 g/mol. The van der Waals surface area contributed by atoms with Crippen LogP contribution in [0.4, 0.5) is 5.69 Å². The number of fused-ring (bicyclic) bond motifs is 2. The van der Waals surface area contributed by atoms with E-state index in [-0.39, 0.29) is 15.7 Å². The van der Waals surface area contributed by atoms with Gasteiger partial charge in [-0.3, -0.25) is 13.8 Å². The molecule has 16 heteroatoms. The molecule has 6 N–H and O–H groups in total. The molecule has 37 heavy (non-hydrogen) atoms.